The highest BCUT2D eigenvalue weighted by Gasteiger charge is 2.25. The second kappa shape index (κ2) is 10.6. The molecule has 1 aliphatic rings. The van der Waals surface area contributed by atoms with E-state index in [9.17, 15) is 5.11 Å². The molecule has 1 saturated heterocycles. The van der Waals surface area contributed by atoms with E-state index in [2.05, 4.69) is 54.6 Å². The molecule has 1 aliphatic heterocycles. The minimum Gasteiger partial charge on any atom is -0.383 e. The van der Waals surface area contributed by atoms with Gasteiger partial charge in [-0.05, 0) is 32.0 Å². The van der Waals surface area contributed by atoms with Crippen molar-refractivity contribution in [2.24, 2.45) is 12.0 Å². The van der Waals surface area contributed by atoms with Crippen molar-refractivity contribution < 1.29 is 5.11 Å². The van der Waals surface area contributed by atoms with Crippen molar-refractivity contribution in [1.82, 2.24) is 30.3 Å². The van der Waals surface area contributed by atoms with Gasteiger partial charge in [0, 0.05) is 57.7 Å². The minimum absolute atomic E-state index is 0.325. The Labute approximate surface area is 185 Å². The Morgan fingerprint density at radius 1 is 1.16 bits per heavy atom. The Morgan fingerprint density at radius 3 is 2.52 bits per heavy atom. The van der Waals surface area contributed by atoms with Gasteiger partial charge in [0.2, 0.25) is 0 Å². The van der Waals surface area contributed by atoms with E-state index in [0.717, 1.165) is 56.2 Å². The molecule has 1 unspecified atom stereocenters. The maximum atomic E-state index is 10.8. The number of hydrogen-bond acceptors (Lipinski definition) is 6. The molecule has 0 aliphatic carbocycles. The number of rotatable bonds is 8. The third-order valence-electron chi connectivity index (χ3n) is 5.64. The topological polar surface area (TPSA) is 93.8 Å². The van der Waals surface area contributed by atoms with Gasteiger partial charge in [-0.2, -0.15) is 5.10 Å². The monoisotopic (exact) mass is 428 g/mol. The van der Waals surface area contributed by atoms with E-state index < -0.39 is 5.60 Å². The van der Waals surface area contributed by atoms with Crippen molar-refractivity contribution in [1.29, 1.82) is 0 Å². The maximum absolute atomic E-state index is 10.8. The van der Waals surface area contributed by atoms with Gasteiger partial charge in [0.25, 0.3) is 0 Å². The number of likely N-dealkylation sites (N-methyl/N-ethyl adjacent to an activating group) is 1. The highest BCUT2D eigenvalue weighted by molar-refractivity contribution is 5.79. The molecule has 2 aromatic heterocycles. The normalized spacial score (nSPS) is 17.5. The van der Waals surface area contributed by atoms with Crippen molar-refractivity contribution in [3.63, 3.8) is 0 Å². The molecule has 9 heteroatoms. The highest BCUT2D eigenvalue weighted by Crippen LogP contribution is 2.18. The van der Waals surface area contributed by atoms with Gasteiger partial charge < -0.3 is 25.5 Å². The third-order valence-corrected chi connectivity index (χ3v) is 5.64. The summed E-state index contributed by atoms with van der Waals surface area (Å²) in [6.07, 6.45) is 5.41. The molecule has 1 fully saturated rings. The summed E-state index contributed by atoms with van der Waals surface area (Å²) in [5.41, 5.74) is 0.764. The fourth-order valence-corrected chi connectivity index (χ4v) is 3.56. The smallest absolute Gasteiger partial charge is 0.191 e. The Morgan fingerprint density at radius 2 is 1.94 bits per heavy atom. The van der Waals surface area contributed by atoms with E-state index >= 15 is 0 Å². The van der Waals surface area contributed by atoms with Crippen molar-refractivity contribution in [3.8, 4) is 0 Å². The van der Waals surface area contributed by atoms with Crippen LogP contribution >= 0.6 is 0 Å². The van der Waals surface area contributed by atoms with Crippen LogP contribution in [0, 0.1) is 0 Å². The van der Waals surface area contributed by atoms with Crippen LogP contribution in [0.3, 0.4) is 0 Å². The third kappa shape index (κ3) is 6.41. The van der Waals surface area contributed by atoms with Crippen molar-refractivity contribution in [2.75, 3.05) is 50.7 Å². The van der Waals surface area contributed by atoms with Crippen LogP contribution in [-0.2, 0) is 19.2 Å². The first-order chi connectivity index (χ1) is 14.9. The van der Waals surface area contributed by atoms with E-state index in [-0.39, 0.29) is 0 Å². The summed E-state index contributed by atoms with van der Waals surface area (Å²) < 4.78 is 1.68. The number of aliphatic hydroxyl groups is 1. The number of piperazine rings is 1. The van der Waals surface area contributed by atoms with Gasteiger partial charge in [-0.25, -0.2) is 9.98 Å². The first-order valence-electron chi connectivity index (χ1n) is 11.1. The largest absolute Gasteiger partial charge is 0.383 e. The lowest BCUT2D eigenvalue weighted by Crippen LogP contribution is -2.46. The fraction of sp³-hybridized carbons (Fsp3) is 0.591. The summed E-state index contributed by atoms with van der Waals surface area (Å²) in [7, 11) is 1.84. The molecule has 3 heterocycles. The summed E-state index contributed by atoms with van der Waals surface area (Å²) in [5.74, 6) is 1.69. The maximum Gasteiger partial charge on any atom is 0.191 e. The van der Waals surface area contributed by atoms with Crippen LogP contribution in [0.1, 0.15) is 31.9 Å². The molecule has 3 rings (SSSR count). The number of nitrogens with one attached hydrogen (secondary N) is 2. The van der Waals surface area contributed by atoms with Crippen LogP contribution < -0.4 is 15.5 Å². The van der Waals surface area contributed by atoms with E-state index in [0.29, 0.717) is 19.0 Å². The Bertz CT molecular complexity index is 837. The Balaban J connectivity index is 1.56. The molecule has 0 amide bonds. The Hall–Kier alpha value is -2.65. The van der Waals surface area contributed by atoms with Gasteiger partial charge in [-0.15, -0.1) is 0 Å². The van der Waals surface area contributed by atoms with Crippen molar-refractivity contribution >= 4 is 11.8 Å². The average molecular weight is 429 g/mol. The van der Waals surface area contributed by atoms with E-state index in [1.165, 1.54) is 0 Å². The zero-order chi connectivity index (χ0) is 22.3. The van der Waals surface area contributed by atoms with Gasteiger partial charge in [0.1, 0.15) is 11.4 Å². The molecule has 0 radical (unpaired) electrons. The van der Waals surface area contributed by atoms with Gasteiger partial charge in [0.15, 0.2) is 5.96 Å². The molecule has 3 N–H and O–H groups in total. The molecule has 0 bridgehead atoms. The standard InChI is InChI=1S/C22H36N8O/c1-5-23-21(26-17-22(3,31)19-15-27-28(4)16-19)25-14-18-7-8-20(24-13-18)30-11-9-29(6-2)10-12-30/h7-8,13,15-16,31H,5-6,9-12,14,17H2,1-4H3,(H2,23,25,26). The zero-order valence-corrected chi connectivity index (χ0v) is 19.2. The second-order valence-electron chi connectivity index (χ2n) is 8.17. The van der Waals surface area contributed by atoms with Crippen LogP contribution in [0.4, 0.5) is 5.82 Å². The lowest BCUT2D eigenvalue weighted by molar-refractivity contribution is 0.0616. The van der Waals surface area contributed by atoms with Crippen molar-refractivity contribution in [2.45, 2.75) is 32.9 Å². The first kappa shape index (κ1) is 23.0. The molecule has 0 aromatic carbocycles. The predicted molar refractivity (Wildman–Crippen MR) is 124 cm³/mol. The van der Waals surface area contributed by atoms with Crippen LogP contribution in [0.15, 0.2) is 35.7 Å². The molecule has 31 heavy (non-hydrogen) atoms. The Kier molecular flexibility index (Phi) is 7.86. The minimum atomic E-state index is -1.05. The highest BCUT2D eigenvalue weighted by atomic mass is 16.3. The van der Waals surface area contributed by atoms with Crippen LogP contribution in [-0.4, -0.2) is 76.5 Å². The molecule has 0 saturated carbocycles. The SMILES string of the molecule is CCNC(=NCc1ccc(N2CCN(CC)CC2)nc1)NCC(C)(O)c1cnn(C)c1. The van der Waals surface area contributed by atoms with Gasteiger partial charge >= 0.3 is 0 Å². The molecular formula is C22H36N8O. The summed E-state index contributed by atoms with van der Waals surface area (Å²) >= 11 is 0. The molecule has 0 spiro atoms. The van der Waals surface area contributed by atoms with Crippen LogP contribution in [0.2, 0.25) is 0 Å². The van der Waals surface area contributed by atoms with E-state index in [1.807, 2.05) is 26.4 Å². The number of anilines is 1. The molecule has 9 nitrogen and oxygen atoms in total. The van der Waals surface area contributed by atoms with Crippen molar-refractivity contribution in [3.05, 3.63) is 41.9 Å². The molecule has 1 atom stereocenters. The molecular weight excluding hydrogens is 392 g/mol. The van der Waals surface area contributed by atoms with E-state index in [1.54, 1.807) is 17.8 Å². The molecule has 2 aromatic rings. The number of aryl methyl sites for hydroxylation is 1. The molecule has 170 valence electrons. The van der Waals surface area contributed by atoms with E-state index in [4.69, 9.17) is 0 Å². The number of guanidine groups is 1. The quantitative estimate of drug-likeness (QED) is 0.425. The van der Waals surface area contributed by atoms with Gasteiger partial charge in [-0.3, -0.25) is 4.68 Å². The van der Waals surface area contributed by atoms with Gasteiger partial charge in [-0.1, -0.05) is 13.0 Å². The lowest BCUT2D eigenvalue weighted by atomic mass is 10.00. The zero-order valence-electron chi connectivity index (χ0n) is 19.2. The summed E-state index contributed by atoms with van der Waals surface area (Å²) in [5, 5.41) is 21.4. The number of hydrogen-bond donors (Lipinski definition) is 3. The number of nitrogens with zero attached hydrogens (tertiary/aromatic N) is 6. The fourth-order valence-electron chi connectivity index (χ4n) is 3.56. The second-order valence-corrected chi connectivity index (χ2v) is 8.17. The number of aromatic nitrogens is 3. The van der Waals surface area contributed by atoms with Gasteiger partial charge in [0.05, 0.1) is 19.3 Å². The summed E-state index contributed by atoms with van der Waals surface area (Å²) in [6, 6.07) is 4.17. The number of pyridine rings is 1. The van der Waals surface area contributed by atoms with Crippen LogP contribution in [0.5, 0.6) is 0 Å². The number of aliphatic imine (C=N–C) groups is 1. The predicted octanol–water partition coefficient (Wildman–Crippen LogP) is 0.920. The summed E-state index contributed by atoms with van der Waals surface area (Å²) in [4.78, 5) is 14.1. The van der Waals surface area contributed by atoms with Crippen LogP contribution in [0.25, 0.3) is 0 Å². The first-order valence-corrected chi connectivity index (χ1v) is 11.1. The lowest BCUT2D eigenvalue weighted by Gasteiger charge is -2.34. The summed E-state index contributed by atoms with van der Waals surface area (Å²) in [6.45, 7) is 12.9. The average Bonchev–Trinajstić information content (AvgIpc) is 3.23.